The van der Waals surface area contributed by atoms with Crippen molar-refractivity contribution >= 4 is 11.6 Å². The highest BCUT2D eigenvalue weighted by molar-refractivity contribution is 6.32. The highest BCUT2D eigenvalue weighted by Gasteiger charge is 2.43. The molecule has 94 valence electrons. The molecule has 0 amide bonds. The molecule has 0 saturated carbocycles. The molecule has 1 saturated heterocycles. The molecule has 1 aliphatic heterocycles. The van der Waals surface area contributed by atoms with Gasteiger partial charge in [0.2, 0.25) is 0 Å². The SMILES string of the molecule is COc1ccc(C(N)C2(CN)COC2)cc1Cl. The normalized spacial score (nSPS) is 19.5. The summed E-state index contributed by atoms with van der Waals surface area (Å²) in [4.78, 5) is 0. The third-order valence-electron chi connectivity index (χ3n) is 3.38. The fourth-order valence-electron chi connectivity index (χ4n) is 2.02. The topological polar surface area (TPSA) is 70.5 Å². The van der Waals surface area contributed by atoms with Crippen LogP contribution in [-0.2, 0) is 4.74 Å². The van der Waals surface area contributed by atoms with E-state index in [2.05, 4.69) is 0 Å². The summed E-state index contributed by atoms with van der Waals surface area (Å²) < 4.78 is 10.3. The van der Waals surface area contributed by atoms with Gasteiger partial charge < -0.3 is 20.9 Å². The van der Waals surface area contributed by atoms with Gasteiger partial charge in [0.15, 0.2) is 0 Å². The monoisotopic (exact) mass is 256 g/mol. The van der Waals surface area contributed by atoms with Gasteiger partial charge in [-0.3, -0.25) is 0 Å². The zero-order chi connectivity index (χ0) is 12.5. The Morgan fingerprint density at radius 1 is 1.53 bits per heavy atom. The maximum atomic E-state index is 6.25. The summed E-state index contributed by atoms with van der Waals surface area (Å²) in [6.45, 7) is 1.72. The van der Waals surface area contributed by atoms with Crippen molar-refractivity contribution in [2.24, 2.45) is 16.9 Å². The number of halogens is 1. The van der Waals surface area contributed by atoms with E-state index in [1.165, 1.54) is 0 Å². The molecule has 2 rings (SSSR count). The van der Waals surface area contributed by atoms with Gasteiger partial charge >= 0.3 is 0 Å². The molecule has 0 radical (unpaired) electrons. The Balaban J connectivity index is 2.25. The van der Waals surface area contributed by atoms with Crippen molar-refractivity contribution in [3.63, 3.8) is 0 Å². The second kappa shape index (κ2) is 4.82. The van der Waals surface area contributed by atoms with Crippen molar-refractivity contribution in [1.82, 2.24) is 0 Å². The van der Waals surface area contributed by atoms with Crippen LogP contribution in [0.5, 0.6) is 5.75 Å². The van der Waals surface area contributed by atoms with E-state index in [0.29, 0.717) is 30.5 Å². The fourth-order valence-corrected chi connectivity index (χ4v) is 2.28. The zero-order valence-electron chi connectivity index (χ0n) is 9.78. The van der Waals surface area contributed by atoms with Crippen molar-refractivity contribution in [3.05, 3.63) is 28.8 Å². The van der Waals surface area contributed by atoms with Crippen LogP contribution in [0.15, 0.2) is 18.2 Å². The first-order valence-electron chi connectivity index (χ1n) is 5.50. The van der Waals surface area contributed by atoms with Crippen LogP contribution >= 0.6 is 11.6 Å². The first-order valence-corrected chi connectivity index (χ1v) is 5.87. The van der Waals surface area contributed by atoms with Crippen LogP contribution in [0.2, 0.25) is 5.02 Å². The minimum absolute atomic E-state index is 0.155. The highest BCUT2D eigenvalue weighted by Crippen LogP contribution is 2.39. The Morgan fingerprint density at radius 3 is 2.65 bits per heavy atom. The molecule has 0 aliphatic carbocycles. The van der Waals surface area contributed by atoms with Crippen LogP contribution in [0.3, 0.4) is 0 Å². The lowest BCUT2D eigenvalue weighted by Crippen LogP contribution is -2.54. The third kappa shape index (κ3) is 2.13. The second-order valence-corrected chi connectivity index (χ2v) is 4.84. The minimum atomic E-state index is -0.162. The quantitative estimate of drug-likeness (QED) is 0.853. The highest BCUT2D eigenvalue weighted by atomic mass is 35.5. The lowest BCUT2D eigenvalue weighted by Gasteiger charge is -2.45. The maximum Gasteiger partial charge on any atom is 0.137 e. The van der Waals surface area contributed by atoms with Crippen molar-refractivity contribution in [2.45, 2.75) is 6.04 Å². The van der Waals surface area contributed by atoms with Crippen molar-refractivity contribution in [1.29, 1.82) is 0 Å². The van der Waals surface area contributed by atoms with Crippen molar-refractivity contribution < 1.29 is 9.47 Å². The molecule has 1 atom stereocenters. The molecule has 5 heteroatoms. The maximum absolute atomic E-state index is 6.25. The average molecular weight is 257 g/mol. The van der Waals surface area contributed by atoms with Crippen LogP contribution in [0.4, 0.5) is 0 Å². The van der Waals surface area contributed by atoms with Crippen molar-refractivity contribution in [3.8, 4) is 5.75 Å². The number of nitrogens with two attached hydrogens (primary N) is 2. The second-order valence-electron chi connectivity index (χ2n) is 4.43. The Bertz CT molecular complexity index is 402. The molecule has 0 aromatic heterocycles. The summed E-state index contributed by atoms with van der Waals surface area (Å²) in [5, 5.41) is 0.563. The molecule has 4 nitrogen and oxygen atoms in total. The molecular weight excluding hydrogens is 240 g/mol. The summed E-state index contributed by atoms with van der Waals surface area (Å²) in [6, 6.07) is 5.41. The van der Waals surface area contributed by atoms with Gasteiger partial charge in [-0.1, -0.05) is 17.7 Å². The Kier molecular flexibility index (Phi) is 3.58. The number of hydrogen-bond acceptors (Lipinski definition) is 4. The van der Waals surface area contributed by atoms with E-state index < -0.39 is 0 Å². The summed E-state index contributed by atoms with van der Waals surface area (Å²) in [6.07, 6.45) is 0. The van der Waals surface area contributed by atoms with Gasteiger partial charge in [0, 0.05) is 18.0 Å². The molecule has 1 heterocycles. The lowest BCUT2D eigenvalue weighted by atomic mass is 9.76. The fraction of sp³-hybridized carbons (Fsp3) is 0.500. The van der Waals surface area contributed by atoms with E-state index in [-0.39, 0.29) is 11.5 Å². The predicted octanol–water partition coefficient (Wildman–Crippen LogP) is 1.32. The van der Waals surface area contributed by atoms with Gasteiger partial charge in [0.05, 0.1) is 25.3 Å². The molecule has 1 fully saturated rings. The van der Waals surface area contributed by atoms with E-state index in [1.807, 2.05) is 18.2 Å². The van der Waals surface area contributed by atoms with E-state index in [9.17, 15) is 0 Å². The first-order chi connectivity index (χ1) is 8.13. The lowest BCUT2D eigenvalue weighted by molar-refractivity contribution is -0.121. The van der Waals surface area contributed by atoms with Crippen LogP contribution in [-0.4, -0.2) is 26.9 Å². The Morgan fingerprint density at radius 2 is 2.24 bits per heavy atom. The molecule has 0 spiro atoms. The zero-order valence-corrected chi connectivity index (χ0v) is 10.5. The largest absolute Gasteiger partial charge is 0.495 e. The molecule has 0 bridgehead atoms. The van der Waals surface area contributed by atoms with Gasteiger partial charge in [-0.25, -0.2) is 0 Å². The average Bonchev–Trinajstić information content (AvgIpc) is 2.28. The predicted molar refractivity (Wildman–Crippen MR) is 67.2 cm³/mol. The molecular formula is C12H17ClN2O2. The summed E-state index contributed by atoms with van der Waals surface area (Å²) in [5.41, 5.74) is 12.8. The summed E-state index contributed by atoms with van der Waals surface area (Å²) in [7, 11) is 1.59. The van der Waals surface area contributed by atoms with Crippen LogP contribution in [0, 0.1) is 5.41 Å². The van der Waals surface area contributed by atoms with E-state index in [0.717, 1.165) is 5.56 Å². The standard InChI is InChI=1S/C12H17ClN2O2/c1-16-10-3-2-8(4-9(10)13)11(15)12(5-14)6-17-7-12/h2-4,11H,5-7,14-15H2,1H3. The van der Waals surface area contributed by atoms with Crippen molar-refractivity contribution in [2.75, 3.05) is 26.9 Å². The number of methoxy groups -OCH3 is 1. The smallest absolute Gasteiger partial charge is 0.137 e. The molecule has 17 heavy (non-hydrogen) atoms. The summed E-state index contributed by atoms with van der Waals surface area (Å²) >= 11 is 6.09. The number of rotatable bonds is 4. The first kappa shape index (κ1) is 12.6. The van der Waals surface area contributed by atoms with Crippen LogP contribution in [0.25, 0.3) is 0 Å². The Labute approximate surface area is 106 Å². The van der Waals surface area contributed by atoms with Crippen LogP contribution in [0.1, 0.15) is 11.6 Å². The van der Waals surface area contributed by atoms with E-state index in [4.69, 9.17) is 32.5 Å². The molecule has 1 unspecified atom stereocenters. The Hall–Kier alpha value is -0.810. The van der Waals surface area contributed by atoms with E-state index >= 15 is 0 Å². The number of ether oxygens (including phenoxy) is 2. The van der Waals surface area contributed by atoms with Crippen LogP contribution < -0.4 is 16.2 Å². The van der Waals surface area contributed by atoms with Gasteiger partial charge in [0.25, 0.3) is 0 Å². The number of benzene rings is 1. The number of hydrogen-bond donors (Lipinski definition) is 2. The minimum Gasteiger partial charge on any atom is -0.495 e. The molecule has 1 aromatic rings. The molecule has 1 aliphatic rings. The molecule has 1 aromatic carbocycles. The van der Waals surface area contributed by atoms with Gasteiger partial charge in [-0.2, -0.15) is 0 Å². The van der Waals surface area contributed by atoms with Gasteiger partial charge in [0.1, 0.15) is 5.75 Å². The molecule has 4 N–H and O–H groups in total. The van der Waals surface area contributed by atoms with E-state index in [1.54, 1.807) is 7.11 Å². The van der Waals surface area contributed by atoms with Gasteiger partial charge in [-0.05, 0) is 17.7 Å². The van der Waals surface area contributed by atoms with Gasteiger partial charge in [-0.15, -0.1) is 0 Å². The third-order valence-corrected chi connectivity index (χ3v) is 3.68. The summed E-state index contributed by atoms with van der Waals surface area (Å²) in [5.74, 6) is 0.647.